The molecule has 2 aromatic rings. The van der Waals surface area contributed by atoms with Gasteiger partial charge in [0, 0.05) is 16.6 Å². The number of halogens is 1. The van der Waals surface area contributed by atoms with Crippen LogP contribution in [0.2, 0.25) is 5.02 Å². The van der Waals surface area contributed by atoms with Crippen molar-refractivity contribution in [1.82, 2.24) is 5.32 Å². The second kappa shape index (κ2) is 8.00. The fourth-order valence-electron chi connectivity index (χ4n) is 4.61. The summed E-state index contributed by atoms with van der Waals surface area (Å²) in [5.74, 6) is 1.30. The summed E-state index contributed by atoms with van der Waals surface area (Å²) >= 11 is 5.91. The maximum absolute atomic E-state index is 12.6. The Morgan fingerprint density at radius 2 is 1.76 bits per heavy atom. The van der Waals surface area contributed by atoms with Gasteiger partial charge in [-0.3, -0.25) is 9.10 Å². The molecule has 3 unspecified atom stereocenters. The van der Waals surface area contributed by atoms with E-state index in [0.29, 0.717) is 22.2 Å². The number of hydrogen-bond donors (Lipinski definition) is 1. The van der Waals surface area contributed by atoms with Crippen molar-refractivity contribution in [2.75, 3.05) is 10.6 Å². The van der Waals surface area contributed by atoms with Crippen molar-refractivity contribution >= 4 is 33.2 Å². The topological polar surface area (TPSA) is 66.5 Å². The molecule has 2 bridgehead atoms. The lowest BCUT2D eigenvalue weighted by Gasteiger charge is -2.24. The summed E-state index contributed by atoms with van der Waals surface area (Å²) < 4.78 is 26.0. The zero-order chi connectivity index (χ0) is 20.6. The van der Waals surface area contributed by atoms with Gasteiger partial charge in [0.1, 0.15) is 0 Å². The second-order valence-corrected chi connectivity index (χ2v) is 10.5. The Morgan fingerprint density at radius 1 is 1.07 bits per heavy atom. The van der Waals surface area contributed by atoms with Gasteiger partial charge < -0.3 is 5.32 Å². The number of hydrogen-bond acceptors (Lipinski definition) is 3. The first-order valence-corrected chi connectivity index (χ1v) is 12.2. The Labute approximate surface area is 177 Å². The average molecular weight is 433 g/mol. The van der Waals surface area contributed by atoms with E-state index in [9.17, 15) is 13.2 Å². The van der Waals surface area contributed by atoms with Gasteiger partial charge in [-0.1, -0.05) is 30.2 Å². The van der Waals surface area contributed by atoms with Crippen molar-refractivity contribution < 1.29 is 13.2 Å². The third-order valence-electron chi connectivity index (χ3n) is 6.11. The first-order chi connectivity index (χ1) is 13.8. The number of rotatable bonds is 6. The minimum atomic E-state index is -3.48. The maximum atomic E-state index is 12.6. The Hall–Kier alpha value is -2.05. The van der Waals surface area contributed by atoms with Gasteiger partial charge in [-0.25, -0.2) is 8.42 Å². The first kappa shape index (κ1) is 20.2. The van der Waals surface area contributed by atoms with Crippen LogP contribution in [0.15, 0.2) is 48.5 Å². The average Bonchev–Trinajstić information content (AvgIpc) is 3.30. The van der Waals surface area contributed by atoms with Crippen molar-refractivity contribution in [3.63, 3.8) is 0 Å². The van der Waals surface area contributed by atoms with Crippen LogP contribution >= 0.6 is 11.6 Å². The predicted octanol–water partition coefficient (Wildman–Crippen LogP) is 4.22. The van der Waals surface area contributed by atoms with Crippen LogP contribution in [0, 0.1) is 11.8 Å². The molecule has 0 heterocycles. The molecule has 5 nitrogen and oxygen atoms in total. The van der Waals surface area contributed by atoms with Gasteiger partial charge in [-0.05, 0) is 73.1 Å². The van der Waals surface area contributed by atoms with Gasteiger partial charge in [-0.2, -0.15) is 0 Å². The molecule has 4 rings (SSSR count). The van der Waals surface area contributed by atoms with Gasteiger partial charge in [0.05, 0.1) is 18.5 Å². The summed E-state index contributed by atoms with van der Waals surface area (Å²) in [7, 11) is -3.48. The summed E-state index contributed by atoms with van der Waals surface area (Å²) in [6.45, 7) is 0.201. The summed E-state index contributed by atoms with van der Waals surface area (Å²) in [5.41, 5.74) is 1.91. The van der Waals surface area contributed by atoms with Crippen molar-refractivity contribution in [2.24, 2.45) is 11.8 Å². The molecule has 2 fully saturated rings. The number of carbonyl (C=O) groups is 1. The number of anilines is 1. The molecule has 0 aliphatic heterocycles. The lowest BCUT2D eigenvalue weighted by molar-refractivity contribution is 0.0923. The molecule has 7 heteroatoms. The summed E-state index contributed by atoms with van der Waals surface area (Å²) in [5, 5.41) is 3.77. The van der Waals surface area contributed by atoms with E-state index < -0.39 is 10.0 Å². The van der Waals surface area contributed by atoms with Gasteiger partial charge in [0.25, 0.3) is 5.91 Å². The quantitative estimate of drug-likeness (QED) is 0.742. The highest BCUT2D eigenvalue weighted by atomic mass is 35.5. The fourth-order valence-corrected chi connectivity index (χ4v) is 5.62. The standard InChI is InChI=1S/C22H25ClN2O3S/c1-29(27,28)25(14-15-3-8-19(23)9-4-15)20-10-6-17(7-11-20)22(26)24-21-13-16-2-5-18(21)12-16/h3-4,6-11,16,18,21H,2,5,12-14H2,1H3,(H,24,26). The van der Waals surface area contributed by atoms with Gasteiger partial charge in [0.2, 0.25) is 10.0 Å². The molecule has 2 saturated carbocycles. The summed E-state index contributed by atoms with van der Waals surface area (Å²) in [6.07, 6.45) is 6.00. The molecule has 0 radical (unpaired) electrons. The van der Waals surface area contributed by atoms with Crippen LogP contribution in [0.1, 0.15) is 41.6 Å². The lowest BCUT2D eigenvalue weighted by Crippen LogP contribution is -2.38. The zero-order valence-electron chi connectivity index (χ0n) is 16.3. The predicted molar refractivity (Wildman–Crippen MR) is 116 cm³/mol. The molecule has 0 spiro atoms. The summed E-state index contributed by atoms with van der Waals surface area (Å²) in [4.78, 5) is 12.6. The Morgan fingerprint density at radius 3 is 2.31 bits per heavy atom. The van der Waals surface area contributed by atoms with Crippen LogP contribution in [0.3, 0.4) is 0 Å². The SMILES string of the molecule is CS(=O)(=O)N(Cc1ccc(Cl)cc1)c1ccc(C(=O)NC2CC3CCC2C3)cc1. The number of fused-ring (bicyclic) bond motifs is 2. The number of amides is 1. The third-order valence-corrected chi connectivity index (χ3v) is 7.50. The zero-order valence-corrected chi connectivity index (χ0v) is 17.9. The molecule has 2 aliphatic carbocycles. The number of nitrogens with zero attached hydrogens (tertiary/aromatic N) is 1. The number of sulfonamides is 1. The highest BCUT2D eigenvalue weighted by Crippen LogP contribution is 2.44. The van der Waals surface area contributed by atoms with E-state index in [0.717, 1.165) is 17.9 Å². The molecule has 2 aliphatic rings. The molecule has 0 saturated heterocycles. The van der Waals surface area contributed by atoms with E-state index in [1.165, 1.54) is 29.8 Å². The van der Waals surface area contributed by atoms with Crippen LogP contribution in [-0.4, -0.2) is 26.6 Å². The van der Waals surface area contributed by atoms with E-state index in [4.69, 9.17) is 11.6 Å². The highest BCUT2D eigenvalue weighted by Gasteiger charge is 2.40. The van der Waals surface area contributed by atoms with E-state index >= 15 is 0 Å². The molecule has 1 N–H and O–H groups in total. The van der Waals surface area contributed by atoms with E-state index in [2.05, 4.69) is 5.32 Å². The monoisotopic (exact) mass is 432 g/mol. The van der Waals surface area contributed by atoms with E-state index in [1.807, 2.05) is 0 Å². The second-order valence-electron chi connectivity index (χ2n) is 8.20. The van der Waals surface area contributed by atoms with Crippen molar-refractivity contribution in [3.05, 3.63) is 64.7 Å². The molecule has 1 amide bonds. The van der Waals surface area contributed by atoms with Crippen LogP contribution in [0.4, 0.5) is 5.69 Å². The highest BCUT2D eigenvalue weighted by molar-refractivity contribution is 7.92. The van der Waals surface area contributed by atoms with Gasteiger partial charge >= 0.3 is 0 Å². The Balaban J connectivity index is 1.48. The Bertz CT molecular complexity index is 990. The van der Waals surface area contributed by atoms with Gasteiger partial charge in [-0.15, -0.1) is 0 Å². The van der Waals surface area contributed by atoms with E-state index in [1.54, 1.807) is 48.5 Å². The third kappa shape index (κ3) is 4.59. The maximum Gasteiger partial charge on any atom is 0.251 e. The van der Waals surface area contributed by atoms with E-state index in [-0.39, 0.29) is 18.5 Å². The first-order valence-electron chi connectivity index (χ1n) is 9.92. The van der Waals surface area contributed by atoms with Crippen LogP contribution in [0.25, 0.3) is 0 Å². The number of benzene rings is 2. The van der Waals surface area contributed by atoms with Crippen molar-refractivity contribution in [1.29, 1.82) is 0 Å². The minimum Gasteiger partial charge on any atom is -0.349 e. The van der Waals surface area contributed by atoms with Gasteiger partial charge in [0.15, 0.2) is 0 Å². The molecular weight excluding hydrogens is 408 g/mol. The fraction of sp³-hybridized carbons (Fsp3) is 0.409. The number of carbonyl (C=O) groups excluding carboxylic acids is 1. The van der Waals surface area contributed by atoms with Crippen molar-refractivity contribution in [2.45, 2.75) is 38.3 Å². The van der Waals surface area contributed by atoms with Crippen molar-refractivity contribution in [3.8, 4) is 0 Å². The normalized spacial score (nSPS) is 23.2. The molecular formula is C22H25ClN2O3S. The Kier molecular flexibility index (Phi) is 5.58. The lowest BCUT2D eigenvalue weighted by atomic mass is 9.95. The van der Waals surface area contributed by atoms with Crippen LogP contribution < -0.4 is 9.62 Å². The molecule has 2 aromatic carbocycles. The molecule has 29 heavy (non-hydrogen) atoms. The molecule has 0 aromatic heterocycles. The minimum absolute atomic E-state index is 0.0855. The molecule has 154 valence electrons. The van der Waals surface area contributed by atoms with Crippen LogP contribution in [0.5, 0.6) is 0 Å². The smallest absolute Gasteiger partial charge is 0.251 e. The largest absolute Gasteiger partial charge is 0.349 e. The number of nitrogens with one attached hydrogen (secondary N) is 1. The van der Waals surface area contributed by atoms with Crippen LogP contribution in [-0.2, 0) is 16.6 Å². The summed E-state index contributed by atoms with van der Waals surface area (Å²) in [6, 6.07) is 14.1. The molecule has 3 atom stereocenters.